The lowest BCUT2D eigenvalue weighted by molar-refractivity contribution is -0.148. The molecule has 0 bridgehead atoms. The van der Waals surface area contributed by atoms with Gasteiger partial charge >= 0.3 is 5.97 Å². The lowest BCUT2D eigenvalue weighted by Gasteiger charge is -2.20. The number of aromatic nitrogens is 1. The van der Waals surface area contributed by atoms with Gasteiger partial charge in [-0.15, -0.1) is 11.8 Å². The molecule has 3 rings (SSSR count). The van der Waals surface area contributed by atoms with E-state index in [-0.39, 0.29) is 24.9 Å². The maximum Gasteiger partial charge on any atom is 0.328 e. The molecule has 7 heteroatoms. The average Bonchev–Trinajstić information content (AvgIpc) is 3.30. The number of amides is 1. The van der Waals surface area contributed by atoms with Crippen molar-refractivity contribution in [2.24, 2.45) is 5.92 Å². The first-order chi connectivity index (χ1) is 16.9. The molecule has 0 saturated heterocycles. The Bertz CT molecular complexity index is 1120. The van der Waals surface area contributed by atoms with E-state index in [2.05, 4.69) is 52.5 Å². The first kappa shape index (κ1) is 26.4. The summed E-state index contributed by atoms with van der Waals surface area (Å²) in [6.45, 7) is 5.84. The molecule has 1 amide bonds. The number of hydrogen-bond donors (Lipinski definition) is 1. The molecule has 0 aliphatic heterocycles. The minimum Gasteiger partial charge on any atom is -0.497 e. The van der Waals surface area contributed by atoms with Crippen LogP contribution in [0.3, 0.4) is 0 Å². The van der Waals surface area contributed by atoms with Crippen LogP contribution in [0.15, 0.2) is 65.6 Å². The minimum atomic E-state index is -0.650. The van der Waals surface area contributed by atoms with Gasteiger partial charge in [-0.05, 0) is 91.7 Å². The predicted octanol–water partition coefficient (Wildman–Crippen LogP) is 5.51. The zero-order chi connectivity index (χ0) is 25.4. The number of benzene rings is 2. The van der Waals surface area contributed by atoms with Crippen molar-refractivity contribution in [3.63, 3.8) is 0 Å². The van der Waals surface area contributed by atoms with E-state index in [0.29, 0.717) is 6.42 Å². The largest absolute Gasteiger partial charge is 0.497 e. The molecule has 0 aliphatic carbocycles. The van der Waals surface area contributed by atoms with E-state index in [1.54, 1.807) is 25.8 Å². The highest BCUT2D eigenvalue weighted by atomic mass is 32.2. The van der Waals surface area contributed by atoms with Crippen molar-refractivity contribution in [3.8, 4) is 22.7 Å². The highest BCUT2D eigenvalue weighted by molar-refractivity contribution is 7.98. The summed E-state index contributed by atoms with van der Waals surface area (Å²) >= 11 is 1.70. The normalized spacial score (nSPS) is 11.8. The van der Waals surface area contributed by atoms with Crippen molar-refractivity contribution in [2.45, 2.75) is 44.6 Å². The smallest absolute Gasteiger partial charge is 0.328 e. The number of methoxy groups -OCH3 is 1. The van der Waals surface area contributed by atoms with Crippen LogP contribution < -0.4 is 10.1 Å². The van der Waals surface area contributed by atoms with E-state index >= 15 is 0 Å². The van der Waals surface area contributed by atoms with Gasteiger partial charge in [0.2, 0.25) is 5.91 Å². The molecule has 1 N–H and O–H groups in total. The van der Waals surface area contributed by atoms with Gasteiger partial charge in [0, 0.05) is 22.7 Å². The number of ether oxygens (including phenoxy) is 2. The molecule has 0 unspecified atom stereocenters. The summed E-state index contributed by atoms with van der Waals surface area (Å²) in [7, 11) is 1.65. The maximum absolute atomic E-state index is 12.8. The van der Waals surface area contributed by atoms with Gasteiger partial charge in [-0.3, -0.25) is 4.79 Å². The van der Waals surface area contributed by atoms with Gasteiger partial charge in [0.25, 0.3) is 0 Å². The number of rotatable bonds is 11. The zero-order valence-electron chi connectivity index (χ0n) is 21.0. The molecule has 0 radical (unpaired) electrons. The summed E-state index contributed by atoms with van der Waals surface area (Å²) in [5.41, 5.74) is 4.13. The molecule has 186 valence electrons. The van der Waals surface area contributed by atoms with Crippen molar-refractivity contribution in [1.29, 1.82) is 0 Å². The van der Waals surface area contributed by atoms with Crippen molar-refractivity contribution in [2.75, 3.05) is 20.0 Å². The number of hydrogen-bond acceptors (Lipinski definition) is 5. The Hall–Kier alpha value is -3.19. The second-order valence-corrected chi connectivity index (χ2v) is 9.39. The molecule has 1 heterocycles. The molecule has 2 aromatic carbocycles. The number of esters is 1. The van der Waals surface area contributed by atoms with Gasteiger partial charge in [0.1, 0.15) is 11.8 Å². The monoisotopic (exact) mass is 494 g/mol. The average molecular weight is 495 g/mol. The van der Waals surface area contributed by atoms with Gasteiger partial charge in [0.15, 0.2) is 0 Å². The van der Waals surface area contributed by atoms with Crippen molar-refractivity contribution in [1.82, 2.24) is 9.88 Å². The number of aryl methyl sites for hydroxylation is 1. The standard InChI is InChI=1S/C28H34N2O4S/c1-6-34-28(32)27(19(2)3)29-26(31)18-12-22-11-17-25(20-7-13-23(33-4)14-8-20)30(22)21-9-15-24(35-5)16-10-21/h7-11,13-17,19,27H,6,12,18H2,1-5H3,(H,29,31)/t27-/m1/s1. The van der Waals surface area contributed by atoms with Crippen LogP contribution in [0.2, 0.25) is 0 Å². The number of nitrogens with zero attached hydrogens (tertiary/aromatic N) is 1. The molecule has 0 saturated carbocycles. The Labute approximate surface area is 212 Å². The Morgan fingerprint density at radius 3 is 2.26 bits per heavy atom. The topological polar surface area (TPSA) is 69.6 Å². The van der Waals surface area contributed by atoms with Crippen LogP contribution in [-0.4, -0.2) is 42.5 Å². The Morgan fingerprint density at radius 2 is 1.69 bits per heavy atom. The molecule has 1 atom stereocenters. The predicted molar refractivity (Wildman–Crippen MR) is 141 cm³/mol. The van der Waals surface area contributed by atoms with Crippen LogP contribution in [0.5, 0.6) is 5.75 Å². The molecule has 35 heavy (non-hydrogen) atoms. The lowest BCUT2D eigenvalue weighted by Crippen LogP contribution is -2.45. The summed E-state index contributed by atoms with van der Waals surface area (Å²) < 4.78 is 12.6. The number of nitrogens with one attached hydrogen (secondary N) is 1. The minimum absolute atomic E-state index is 0.0570. The molecule has 3 aromatic rings. The van der Waals surface area contributed by atoms with Crippen LogP contribution in [0.1, 0.15) is 32.9 Å². The highest BCUT2D eigenvalue weighted by Crippen LogP contribution is 2.30. The Morgan fingerprint density at radius 1 is 1.00 bits per heavy atom. The first-order valence-corrected chi connectivity index (χ1v) is 13.1. The van der Waals surface area contributed by atoms with Crippen LogP contribution in [-0.2, 0) is 20.7 Å². The Balaban J connectivity index is 1.86. The summed E-state index contributed by atoms with van der Waals surface area (Å²) in [6.07, 6.45) is 2.84. The molecule has 0 aliphatic rings. The van der Waals surface area contributed by atoms with Gasteiger partial charge in [0.05, 0.1) is 19.4 Å². The first-order valence-electron chi connectivity index (χ1n) is 11.8. The number of thioether (sulfide) groups is 1. The second-order valence-electron chi connectivity index (χ2n) is 8.51. The fourth-order valence-electron chi connectivity index (χ4n) is 3.91. The fraction of sp³-hybridized carbons (Fsp3) is 0.357. The van der Waals surface area contributed by atoms with E-state index in [1.165, 1.54) is 4.90 Å². The summed E-state index contributed by atoms with van der Waals surface area (Å²) in [6, 6.07) is 19.8. The van der Waals surface area contributed by atoms with Crippen molar-refractivity contribution < 1.29 is 19.1 Å². The molecule has 0 spiro atoms. The lowest BCUT2D eigenvalue weighted by atomic mass is 10.0. The Kier molecular flexibility index (Phi) is 9.43. The van der Waals surface area contributed by atoms with Crippen molar-refractivity contribution in [3.05, 3.63) is 66.4 Å². The second kappa shape index (κ2) is 12.5. The SMILES string of the molecule is CCOC(=O)[C@H](NC(=O)CCc1ccc(-c2ccc(OC)cc2)n1-c1ccc(SC)cc1)C(C)C. The van der Waals surface area contributed by atoms with Crippen LogP contribution in [0, 0.1) is 5.92 Å². The fourth-order valence-corrected chi connectivity index (χ4v) is 4.32. The molecule has 1 aromatic heterocycles. The van der Waals surface area contributed by atoms with Gasteiger partial charge in [-0.1, -0.05) is 13.8 Å². The summed E-state index contributed by atoms with van der Waals surface area (Å²) in [5, 5.41) is 2.86. The number of carbonyl (C=O) groups is 2. The third-order valence-electron chi connectivity index (χ3n) is 5.81. The van der Waals surface area contributed by atoms with Gasteiger partial charge < -0.3 is 19.4 Å². The van der Waals surface area contributed by atoms with Crippen LogP contribution in [0.4, 0.5) is 0 Å². The van der Waals surface area contributed by atoms with E-state index in [4.69, 9.17) is 9.47 Å². The maximum atomic E-state index is 12.8. The van der Waals surface area contributed by atoms with Crippen molar-refractivity contribution >= 4 is 23.6 Å². The van der Waals surface area contributed by atoms with E-state index < -0.39 is 12.0 Å². The quantitative estimate of drug-likeness (QED) is 0.281. The molecule has 6 nitrogen and oxygen atoms in total. The summed E-state index contributed by atoms with van der Waals surface area (Å²) in [5.74, 6) is 0.177. The van der Waals surface area contributed by atoms with E-state index in [9.17, 15) is 9.59 Å². The zero-order valence-corrected chi connectivity index (χ0v) is 21.9. The third-order valence-corrected chi connectivity index (χ3v) is 6.55. The molecule has 0 fully saturated rings. The molecular weight excluding hydrogens is 460 g/mol. The molecular formula is C28H34N2O4S. The van der Waals surface area contributed by atoms with Crippen LogP contribution >= 0.6 is 11.8 Å². The summed E-state index contributed by atoms with van der Waals surface area (Å²) in [4.78, 5) is 26.2. The third kappa shape index (κ3) is 6.69. The van der Waals surface area contributed by atoms with Gasteiger partial charge in [-0.25, -0.2) is 4.79 Å². The highest BCUT2D eigenvalue weighted by Gasteiger charge is 2.25. The van der Waals surface area contributed by atoms with Gasteiger partial charge in [-0.2, -0.15) is 0 Å². The van der Waals surface area contributed by atoms with E-state index in [0.717, 1.165) is 28.4 Å². The number of carbonyl (C=O) groups excluding carboxylic acids is 2. The van der Waals surface area contributed by atoms with E-state index in [1.807, 2.05) is 38.1 Å². The van der Waals surface area contributed by atoms with Crippen LogP contribution in [0.25, 0.3) is 16.9 Å².